The highest BCUT2D eigenvalue weighted by molar-refractivity contribution is 6.05. The molecule has 0 amide bonds. The van der Waals surface area contributed by atoms with Crippen molar-refractivity contribution in [3.8, 4) is 0 Å². The predicted molar refractivity (Wildman–Crippen MR) is 110 cm³/mol. The summed E-state index contributed by atoms with van der Waals surface area (Å²) in [6.45, 7) is 11.0. The van der Waals surface area contributed by atoms with Crippen LogP contribution < -0.4 is 5.32 Å². The first-order valence-corrected chi connectivity index (χ1v) is 9.48. The number of nitrogens with zero attached hydrogens (tertiary/aromatic N) is 2. The van der Waals surface area contributed by atoms with E-state index < -0.39 is 16.8 Å². The third-order valence-corrected chi connectivity index (χ3v) is 4.49. The molecule has 1 heterocycles. The maximum atomic E-state index is 12.8. The Morgan fingerprint density at radius 3 is 2.45 bits per heavy atom. The highest BCUT2D eigenvalue weighted by Crippen LogP contribution is 2.42. The Balaban J connectivity index is 2.75. The van der Waals surface area contributed by atoms with Gasteiger partial charge in [0.05, 0.1) is 28.7 Å². The number of ether oxygens (including phenoxy) is 1. The van der Waals surface area contributed by atoms with E-state index in [2.05, 4.69) is 10.5 Å². The minimum Gasteiger partial charge on any atom is -0.463 e. The van der Waals surface area contributed by atoms with Crippen molar-refractivity contribution in [2.45, 2.75) is 53.6 Å². The Bertz CT molecular complexity index is 899. The smallest absolute Gasteiger partial charge is 0.336 e. The van der Waals surface area contributed by atoms with Crippen LogP contribution in [0, 0.1) is 10.1 Å². The van der Waals surface area contributed by atoms with Crippen LogP contribution in [0.25, 0.3) is 0 Å². The summed E-state index contributed by atoms with van der Waals surface area (Å²) in [5.41, 5.74) is 3.15. The number of para-hydroxylation sites is 1. The molecule has 1 aromatic carbocycles. The summed E-state index contributed by atoms with van der Waals surface area (Å²) >= 11 is 0. The zero-order valence-electron chi connectivity index (χ0n) is 17.6. The molecule has 29 heavy (non-hydrogen) atoms. The van der Waals surface area contributed by atoms with E-state index in [0.29, 0.717) is 28.1 Å². The molecule has 2 rings (SSSR count). The lowest BCUT2D eigenvalue weighted by molar-refractivity contribution is -0.385. The lowest BCUT2D eigenvalue weighted by atomic mass is 9.78. The first-order valence-electron chi connectivity index (χ1n) is 9.48. The Kier molecular flexibility index (Phi) is 7.14. The van der Waals surface area contributed by atoms with Crippen LogP contribution in [0.4, 0.5) is 5.69 Å². The van der Waals surface area contributed by atoms with Gasteiger partial charge in [-0.25, -0.2) is 4.79 Å². The number of rotatable bonds is 7. The molecule has 0 fully saturated rings. The Labute approximate surface area is 170 Å². The summed E-state index contributed by atoms with van der Waals surface area (Å²) in [6.07, 6.45) is -0.131. The summed E-state index contributed by atoms with van der Waals surface area (Å²) in [6, 6.07) is 6.40. The minimum absolute atomic E-state index is 0.0723. The van der Waals surface area contributed by atoms with E-state index in [1.54, 1.807) is 39.0 Å². The molecular weight excluding hydrogens is 374 g/mol. The van der Waals surface area contributed by atoms with Crippen LogP contribution in [-0.2, 0) is 14.4 Å². The van der Waals surface area contributed by atoms with Crippen molar-refractivity contribution in [3.05, 3.63) is 62.5 Å². The molecule has 0 spiro atoms. The van der Waals surface area contributed by atoms with Crippen LogP contribution in [0.15, 0.2) is 52.0 Å². The lowest BCUT2D eigenvalue weighted by Gasteiger charge is -2.31. The first kappa shape index (κ1) is 22.1. The number of nitrogens with one attached hydrogen (secondary N) is 1. The summed E-state index contributed by atoms with van der Waals surface area (Å²) in [5, 5.41) is 19.1. The van der Waals surface area contributed by atoms with Crippen LogP contribution in [0.1, 0.15) is 53.0 Å². The van der Waals surface area contributed by atoms with Crippen molar-refractivity contribution in [1.29, 1.82) is 0 Å². The molecule has 1 aliphatic rings. The maximum absolute atomic E-state index is 12.8. The summed E-state index contributed by atoms with van der Waals surface area (Å²) < 4.78 is 5.27. The van der Waals surface area contributed by atoms with Crippen LogP contribution >= 0.6 is 0 Å². The quantitative estimate of drug-likeness (QED) is 0.318. The highest BCUT2D eigenvalue weighted by Gasteiger charge is 2.38. The normalized spacial score (nSPS) is 17.3. The van der Waals surface area contributed by atoms with E-state index >= 15 is 0 Å². The number of carbonyl (C=O) groups excluding carboxylic acids is 1. The van der Waals surface area contributed by atoms with Crippen molar-refractivity contribution in [3.63, 3.8) is 0 Å². The van der Waals surface area contributed by atoms with Crippen molar-refractivity contribution >= 4 is 17.4 Å². The molecular formula is C21H27N3O5. The molecule has 1 aliphatic heterocycles. The van der Waals surface area contributed by atoms with Gasteiger partial charge in [-0.2, -0.15) is 0 Å². The van der Waals surface area contributed by atoms with Gasteiger partial charge in [0.25, 0.3) is 5.69 Å². The third kappa shape index (κ3) is 4.82. The average molecular weight is 401 g/mol. The number of nitro groups is 1. The first-order chi connectivity index (χ1) is 13.7. The predicted octanol–water partition coefficient (Wildman–Crippen LogP) is 4.19. The monoisotopic (exact) mass is 401 g/mol. The van der Waals surface area contributed by atoms with E-state index in [-0.39, 0.29) is 18.4 Å². The van der Waals surface area contributed by atoms with Crippen LogP contribution in [0.5, 0.6) is 0 Å². The van der Waals surface area contributed by atoms with E-state index in [9.17, 15) is 14.9 Å². The number of carbonyl (C=O) groups is 1. The molecule has 0 saturated heterocycles. The van der Waals surface area contributed by atoms with Gasteiger partial charge in [0.1, 0.15) is 6.10 Å². The van der Waals surface area contributed by atoms with Crippen molar-refractivity contribution in [2.24, 2.45) is 5.16 Å². The second kappa shape index (κ2) is 9.36. The SMILES string of the molecule is CCOC(=O)C1=C(C)NC(C)=C(C(C)=NOC(C)C)C1c1ccccc1[N+](=O)[O-]. The van der Waals surface area contributed by atoms with Gasteiger partial charge in [0.2, 0.25) is 0 Å². The van der Waals surface area contributed by atoms with Gasteiger partial charge in [0, 0.05) is 28.6 Å². The molecule has 1 N–H and O–H groups in total. The van der Waals surface area contributed by atoms with Crippen LogP contribution in [-0.4, -0.2) is 29.3 Å². The molecule has 0 saturated carbocycles. The molecule has 1 aromatic rings. The van der Waals surface area contributed by atoms with Gasteiger partial charge in [0.15, 0.2) is 0 Å². The second-order valence-corrected chi connectivity index (χ2v) is 7.00. The van der Waals surface area contributed by atoms with E-state index in [0.717, 1.165) is 5.70 Å². The Hall–Kier alpha value is -3.16. The number of benzene rings is 1. The zero-order valence-corrected chi connectivity index (χ0v) is 17.6. The van der Waals surface area contributed by atoms with Gasteiger partial charge in [-0.3, -0.25) is 10.1 Å². The van der Waals surface area contributed by atoms with E-state index in [1.807, 2.05) is 20.8 Å². The topological polar surface area (TPSA) is 103 Å². The average Bonchev–Trinajstić information content (AvgIpc) is 2.65. The molecule has 1 atom stereocenters. The number of oxime groups is 1. The van der Waals surface area contributed by atoms with Gasteiger partial charge in [-0.05, 0) is 41.5 Å². The number of esters is 1. The number of hydrogen-bond donors (Lipinski definition) is 1. The largest absolute Gasteiger partial charge is 0.463 e. The van der Waals surface area contributed by atoms with Crippen molar-refractivity contribution in [1.82, 2.24) is 5.32 Å². The fourth-order valence-corrected chi connectivity index (χ4v) is 3.40. The molecule has 0 bridgehead atoms. The molecule has 8 heteroatoms. The van der Waals surface area contributed by atoms with E-state index in [4.69, 9.17) is 9.57 Å². The highest BCUT2D eigenvalue weighted by atomic mass is 16.6. The molecule has 8 nitrogen and oxygen atoms in total. The fraction of sp³-hybridized carbons (Fsp3) is 0.429. The molecule has 156 valence electrons. The minimum atomic E-state index is -0.712. The summed E-state index contributed by atoms with van der Waals surface area (Å²) in [7, 11) is 0. The van der Waals surface area contributed by atoms with Crippen molar-refractivity contribution < 1.29 is 19.3 Å². The Morgan fingerprint density at radius 2 is 1.86 bits per heavy atom. The lowest BCUT2D eigenvalue weighted by Crippen LogP contribution is -2.31. The molecule has 0 aliphatic carbocycles. The van der Waals surface area contributed by atoms with E-state index in [1.165, 1.54) is 6.07 Å². The zero-order chi connectivity index (χ0) is 21.7. The molecule has 0 radical (unpaired) electrons. The third-order valence-electron chi connectivity index (χ3n) is 4.49. The summed E-state index contributed by atoms with van der Waals surface area (Å²) in [5.74, 6) is -1.24. The number of hydrogen-bond acceptors (Lipinski definition) is 7. The van der Waals surface area contributed by atoms with Gasteiger partial charge >= 0.3 is 5.97 Å². The van der Waals surface area contributed by atoms with Crippen LogP contribution in [0.2, 0.25) is 0 Å². The number of nitro benzene ring substituents is 1. The van der Waals surface area contributed by atoms with Crippen LogP contribution in [0.3, 0.4) is 0 Å². The standard InChI is InChI=1S/C21H27N3O5/c1-7-28-21(25)19-14(5)22-13(4)18(15(6)23-29-12(2)3)20(19)16-10-8-9-11-17(16)24(26)27/h8-12,20,22H,7H2,1-6H3. The molecule has 1 unspecified atom stereocenters. The Morgan fingerprint density at radius 1 is 1.24 bits per heavy atom. The number of dihydropyridines is 1. The second-order valence-electron chi connectivity index (χ2n) is 7.00. The molecule has 0 aromatic heterocycles. The van der Waals surface area contributed by atoms with Crippen molar-refractivity contribution in [2.75, 3.05) is 6.61 Å². The van der Waals surface area contributed by atoms with Gasteiger partial charge in [-0.15, -0.1) is 0 Å². The summed E-state index contributed by atoms with van der Waals surface area (Å²) in [4.78, 5) is 29.5. The van der Waals surface area contributed by atoms with Gasteiger partial charge in [-0.1, -0.05) is 23.4 Å². The number of allylic oxidation sites excluding steroid dienone is 3. The fourth-order valence-electron chi connectivity index (χ4n) is 3.40. The maximum Gasteiger partial charge on any atom is 0.336 e. The van der Waals surface area contributed by atoms with Gasteiger partial charge < -0.3 is 14.9 Å².